The molecule has 1 fully saturated rings. The third kappa shape index (κ3) is 4.11. The van der Waals surface area contributed by atoms with Gasteiger partial charge < -0.3 is 4.74 Å². The molecule has 0 saturated carbocycles. The lowest BCUT2D eigenvalue weighted by molar-refractivity contribution is 0.0836. The monoisotopic (exact) mass is 425 g/mol. The lowest BCUT2D eigenvalue weighted by Gasteiger charge is -2.22. The van der Waals surface area contributed by atoms with Gasteiger partial charge in [-0.1, -0.05) is 13.0 Å². The van der Waals surface area contributed by atoms with Crippen LogP contribution in [0.25, 0.3) is 16.7 Å². The van der Waals surface area contributed by atoms with Crippen LogP contribution in [0.5, 0.6) is 0 Å². The Morgan fingerprint density at radius 2 is 2.00 bits per heavy atom. The van der Waals surface area contributed by atoms with Crippen LogP contribution >= 0.6 is 11.8 Å². The van der Waals surface area contributed by atoms with Gasteiger partial charge in [0.1, 0.15) is 0 Å². The highest BCUT2D eigenvalue weighted by Gasteiger charge is 2.26. The minimum Gasteiger partial charge on any atom is -0.381 e. The van der Waals surface area contributed by atoms with Crippen molar-refractivity contribution in [3.8, 4) is 5.82 Å². The van der Waals surface area contributed by atoms with E-state index in [4.69, 9.17) is 19.8 Å². The van der Waals surface area contributed by atoms with Crippen molar-refractivity contribution in [3.63, 3.8) is 0 Å². The van der Waals surface area contributed by atoms with Gasteiger partial charge >= 0.3 is 0 Å². The van der Waals surface area contributed by atoms with Crippen LogP contribution in [-0.4, -0.2) is 57.7 Å². The van der Waals surface area contributed by atoms with E-state index in [1.165, 1.54) is 15.8 Å². The van der Waals surface area contributed by atoms with E-state index < -0.39 is 0 Å². The molecule has 1 aromatic carbocycles. The van der Waals surface area contributed by atoms with Crippen molar-refractivity contribution in [1.82, 2.24) is 24.6 Å². The van der Waals surface area contributed by atoms with Crippen molar-refractivity contribution >= 4 is 22.7 Å². The Hall–Kier alpha value is -1.96. The quantitative estimate of drug-likeness (QED) is 0.531. The highest BCUT2D eigenvalue weighted by molar-refractivity contribution is 7.98. The number of benzene rings is 1. The number of hydrogen-bond acceptors (Lipinski definition) is 6. The van der Waals surface area contributed by atoms with E-state index in [1.807, 2.05) is 4.68 Å². The van der Waals surface area contributed by atoms with E-state index in [9.17, 15) is 0 Å². The van der Waals surface area contributed by atoms with E-state index in [0.717, 1.165) is 55.6 Å². The van der Waals surface area contributed by atoms with Crippen LogP contribution in [0.4, 0.5) is 0 Å². The van der Waals surface area contributed by atoms with E-state index in [0.29, 0.717) is 5.92 Å². The van der Waals surface area contributed by atoms with Gasteiger partial charge in [-0.2, -0.15) is 4.68 Å². The fourth-order valence-corrected chi connectivity index (χ4v) is 4.41. The minimum atomic E-state index is 0.145. The molecule has 30 heavy (non-hydrogen) atoms. The zero-order valence-electron chi connectivity index (χ0n) is 18.6. The summed E-state index contributed by atoms with van der Waals surface area (Å²) in [5.41, 5.74) is 2.20. The maximum absolute atomic E-state index is 5.55. The Morgan fingerprint density at radius 1 is 1.23 bits per heavy atom. The highest BCUT2D eigenvalue weighted by atomic mass is 32.2. The molecule has 3 aromatic rings. The normalized spacial score (nSPS) is 16.5. The first-order chi connectivity index (χ1) is 14.5. The summed E-state index contributed by atoms with van der Waals surface area (Å²) in [6.07, 6.45) is 4.04. The number of hydrogen-bond donors (Lipinski definition) is 0. The topological polar surface area (TPSA) is 56.1 Å². The SMILES string of the molecule is CCN(C)C(C)c1nc(C2CCOCC2)nn1-c1cc(C)c2ccc(SC)cc2n1. The second kappa shape index (κ2) is 9.04. The summed E-state index contributed by atoms with van der Waals surface area (Å²) in [6.45, 7) is 9.01. The second-order valence-electron chi connectivity index (χ2n) is 8.06. The van der Waals surface area contributed by atoms with E-state index in [-0.39, 0.29) is 6.04 Å². The molecule has 1 atom stereocenters. The molecule has 1 aliphatic rings. The highest BCUT2D eigenvalue weighted by Crippen LogP contribution is 2.30. The number of thioether (sulfide) groups is 1. The summed E-state index contributed by atoms with van der Waals surface area (Å²) in [5, 5.41) is 6.17. The zero-order chi connectivity index (χ0) is 21.3. The Morgan fingerprint density at radius 3 is 2.70 bits per heavy atom. The number of pyridine rings is 1. The summed E-state index contributed by atoms with van der Waals surface area (Å²) in [5.74, 6) is 3.06. The zero-order valence-corrected chi connectivity index (χ0v) is 19.4. The van der Waals surface area contributed by atoms with Gasteiger partial charge in [0.2, 0.25) is 0 Å². The van der Waals surface area contributed by atoms with Gasteiger partial charge in [-0.15, -0.1) is 16.9 Å². The molecule has 1 saturated heterocycles. The molecule has 2 aromatic heterocycles. The van der Waals surface area contributed by atoms with Crippen molar-refractivity contribution in [2.75, 3.05) is 33.1 Å². The number of rotatable bonds is 6. The van der Waals surface area contributed by atoms with Crippen molar-refractivity contribution in [2.24, 2.45) is 0 Å². The number of aromatic nitrogens is 4. The summed E-state index contributed by atoms with van der Waals surface area (Å²) < 4.78 is 7.52. The predicted molar refractivity (Wildman–Crippen MR) is 123 cm³/mol. The standard InChI is InChI=1S/C23H31N5OS/c1-6-27(4)16(3)23-25-22(17-9-11-29-12-10-17)26-28(23)21-13-15(2)19-8-7-18(30-5)14-20(19)24-21/h7-8,13-14,16-17H,6,9-12H2,1-5H3. The summed E-state index contributed by atoms with van der Waals surface area (Å²) >= 11 is 1.74. The fourth-order valence-electron chi connectivity index (χ4n) is 3.98. The minimum absolute atomic E-state index is 0.145. The van der Waals surface area contributed by atoms with E-state index in [2.05, 4.69) is 63.2 Å². The van der Waals surface area contributed by atoms with Gasteiger partial charge in [0.15, 0.2) is 17.5 Å². The summed E-state index contributed by atoms with van der Waals surface area (Å²) in [6, 6.07) is 8.76. The van der Waals surface area contributed by atoms with Crippen LogP contribution < -0.4 is 0 Å². The van der Waals surface area contributed by atoms with E-state index in [1.54, 1.807) is 11.8 Å². The Kier molecular flexibility index (Phi) is 6.41. The lowest BCUT2D eigenvalue weighted by atomic mass is 10.00. The third-order valence-corrected chi connectivity index (χ3v) is 6.92. The van der Waals surface area contributed by atoms with Gasteiger partial charge in [-0.25, -0.2) is 9.97 Å². The Bertz CT molecular complexity index is 1030. The predicted octanol–water partition coefficient (Wildman–Crippen LogP) is 4.75. The van der Waals surface area contributed by atoms with Crippen LogP contribution in [0.1, 0.15) is 55.9 Å². The Labute approximate surface area is 183 Å². The summed E-state index contributed by atoms with van der Waals surface area (Å²) in [4.78, 5) is 13.5. The smallest absolute Gasteiger partial charge is 0.156 e. The summed E-state index contributed by atoms with van der Waals surface area (Å²) in [7, 11) is 2.13. The van der Waals surface area contributed by atoms with Gasteiger partial charge in [0.25, 0.3) is 0 Å². The first-order valence-corrected chi connectivity index (χ1v) is 11.9. The van der Waals surface area contributed by atoms with Crippen LogP contribution in [0, 0.1) is 6.92 Å². The van der Waals surface area contributed by atoms with Crippen molar-refractivity contribution in [1.29, 1.82) is 0 Å². The molecule has 160 valence electrons. The molecule has 0 N–H and O–H groups in total. The van der Waals surface area contributed by atoms with Gasteiger partial charge in [-0.05, 0) is 70.3 Å². The van der Waals surface area contributed by atoms with E-state index >= 15 is 0 Å². The Balaban J connectivity index is 1.84. The first-order valence-electron chi connectivity index (χ1n) is 10.7. The molecule has 0 amide bonds. The molecule has 0 bridgehead atoms. The molecular formula is C23H31N5OS. The number of nitrogens with zero attached hydrogens (tertiary/aromatic N) is 5. The number of aryl methyl sites for hydroxylation is 1. The molecule has 7 heteroatoms. The largest absolute Gasteiger partial charge is 0.381 e. The lowest BCUT2D eigenvalue weighted by Crippen LogP contribution is -2.25. The average molecular weight is 426 g/mol. The van der Waals surface area contributed by atoms with Gasteiger partial charge in [0.05, 0.1) is 11.6 Å². The van der Waals surface area contributed by atoms with Crippen molar-refractivity contribution in [3.05, 3.63) is 41.5 Å². The van der Waals surface area contributed by atoms with Crippen molar-refractivity contribution < 1.29 is 4.74 Å². The van der Waals surface area contributed by atoms with Crippen molar-refractivity contribution in [2.45, 2.75) is 50.5 Å². The van der Waals surface area contributed by atoms with Crippen LogP contribution in [0.15, 0.2) is 29.2 Å². The fraction of sp³-hybridized carbons (Fsp3) is 0.522. The first kappa shape index (κ1) is 21.3. The van der Waals surface area contributed by atoms with Crippen LogP contribution in [0.3, 0.4) is 0 Å². The molecule has 0 aliphatic carbocycles. The molecule has 0 radical (unpaired) electrons. The molecule has 1 unspecified atom stereocenters. The van der Waals surface area contributed by atoms with Gasteiger partial charge in [0, 0.05) is 29.4 Å². The number of ether oxygens (including phenoxy) is 1. The average Bonchev–Trinajstić information content (AvgIpc) is 3.23. The maximum atomic E-state index is 5.55. The second-order valence-corrected chi connectivity index (χ2v) is 8.94. The maximum Gasteiger partial charge on any atom is 0.156 e. The van der Waals surface area contributed by atoms with Crippen LogP contribution in [-0.2, 0) is 4.74 Å². The third-order valence-electron chi connectivity index (χ3n) is 6.20. The van der Waals surface area contributed by atoms with Gasteiger partial charge in [-0.3, -0.25) is 4.90 Å². The van der Waals surface area contributed by atoms with Crippen LogP contribution in [0.2, 0.25) is 0 Å². The number of fused-ring (bicyclic) bond motifs is 1. The molecule has 3 heterocycles. The molecule has 6 nitrogen and oxygen atoms in total. The molecule has 0 spiro atoms. The molecular weight excluding hydrogens is 394 g/mol. The molecule has 1 aliphatic heterocycles. The molecule has 4 rings (SSSR count).